The molecule has 1 N–H and O–H groups in total. The Kier molecular flexibility index (Phi) is 13.2. The lowest BCUT2D eigenvalue weighted by Gasteiger charge is -2.33. The Bertz CT molecular complexity index is 2020. The molecule has 7 atom stereocenters. The van der Waals surface area contributed by atoms with Crippen molar-refractivity contribution in [1.29, 1.82) is 0 Å². The van der Waals surface area contributed by atoms with Gasteiger partial charge in [-0.05, 0) is 37.1 Å². The van der Waals surface area contributed by atoms with Crippen LogP contribution < -0.4 is 11.2 Å². The lowest BCUT2D eigenvalue weighted by Crippen LogP contribution is -2.50. The maximum atomic E-state index is 12.9. The minimum atomic E-state index is -1.66. The Morgan fingerprint density at radius 2 is 1.37 bits per heavy atom. The van der Waals surface area contributed by atoms with Crippen LogP contribution in [0.2, 0.25) is 0 Å². The lowest BCUT2D eigenvalue weighted by molar-refractivity contribution is -0.216. The Morgan fingerprint density at radius 1 is 0.778 bits per heavy atom. The van der Waals surface area contributed by atoms with Gasteiger partial charge in [-0.15, -0.1) is 0 Å². The van der Waals surface area contributed by atoms with Crippen molar-refractivity contribution in [3.63, 3.8) is 0 Å². The summed E-state index contributed by atoms with van der Waals surface area (Å²) in [7, 11) is 0. The van der Waals surface area contributed by atoms with Crippen molar-refractivity contribution in [3.8, 4) is 11.5 Å². The number of benzene rings is 1. The van der Waals surface area contributed by atoms with Gasteiger partial charge in [-0.25, -0.2) is 9.78 Å². The lowest BCUT2D eigenvalue weighted by atomic mass is 10.1. The van der Waals surface area contributed by atoms with Gasteiger partial charge in [0.1, 0.15) is 12.7 Å². The number of carbonyl (C=O) groups excluding carboxylic acids is 6. The average Bonchev–Trinajstić information content (AvgIpc) is 3.35. The van der Waals surface area contributed by atoms with Crippen LogP contribution in [-0.4, -0.2) is 111 Å². The first-order valence-electron chi connectivity index (χ1n) is 16.5. The molecule has 0 aromatic heterocycles. The molecular weight excluding hydrogens is 720 g/mol. The van der Waals surface area contributed by atoms with Gasteiger partial charge in [0.05, 0.1) is 24.2 Å². The number of aryl methyl sites for hydroxylation is 2. The molecule has 1 saturated heterocycles. The Balaban J connectivity index is 1.80. The second-order valence-corrected chi connectivity index (χ2v) is 12.4. The van der Waals surface area contributed by atoms with Crippen LogP contribution in [0.1, 0.15) is 52.7 Å². The van der Waals surface area contributed by atoms with Crippen LogP contribution in [0.5, 0.6) is 0 Å². The van der Waals surface area contributed by atoms with Crippen molar-refractivity contribution in [1.82, 2.24) is 19.5 Å². The maximum absolute atomic E-state index is 12.9. The van der Waals surface area contributed by atoms with E-state index in [0.29, 0.717) is 11.0 Å². The van der Waals surface area contributed by atoms with E-state index in [-0.39, 0.29) is 11.5 Å². The summed E-state index contributed by atoms with van der Waals surface area (Å²) in [5.74, 6) is -5.15. The van der Waals surface area contributed by atoms with E-state index in [0.717, 1.165) is 52.7 Å². The van der Waals surface area contributed by atoms with Gasteiger partial charge in [0.25, 0.3) is 5.56 Å². The van der Waals surface area contributed by atoms with E-state index in [1.165, 1.54) is 4.57 Å². The molecule has 0 aliphatic carbocycles. The SMILES string of the molecule is CC(=O)OC[C@H]1O[C@H](OC[C@@H](OC(C)=O)[C@@H](OC(C)=O)[C@H](Cn2c3nc(=O)[nH]c(=O)c-3nc3cc(C)c(C)cc32)OC(C)=O)[C@H](OC(C)=O)[C@@H]1OC(C)=O. The summed E-state index contributed by atoms with van der Waals surface area (Å²) in [4.78, 5) is 109. The van der Waals surface area contributed by atoms with Crippen LogP contribution in [0.25, 0.3) is 22.6 Å². The van der Waals surface area contributed by atoms with Crippen molar-refractivity contribution in [2.24, 2.45) is 0 Å². The first kappa shape index (κ1) is 41.0. The predicted octanol–water partition coefficient (Wildman–Crippen LogP) is 0.165. The number of fused-ring (bicyclic) bond motifs is 2. The smallest absolute Gasteiger partial charge is 0.349 e. The number of H-pyrrole nitrogens is 1. The molecule has 0 radical (unpaired) electrons. The summed E-state index contributed by atoms with van der Waals surface area (Å²) in [6.07, 6.45) is -10.3. The zero-order valence-electron chi connectivity index (χ0n) is 30.7. The van der Waals surface area contributed by atoms with E-state index in [1.807, 2.05) is 13.8 Å². The highest BCUT2D eigenvalue weighted by Gasteiger charge is 2.51. The van der Waals surface area contributed by atoms with Crippen LogP contribution in [0.4, 0.5) is 0 Å². The minimum absolute atomic E-state index is 0.197. The number of aromatic nitrogens is 4. The van der Waals surface area contributed by atoms with Crippen molar-refractivity contribution in [2.45, 2.75) is 105 Å². The van der Waals surface area contributed by atoms with Crippen LogP contribution in [-0.2, 0) is 73.2 Å². The van der Waals surface area contributed by atoms with Crippen LogP contribution in [0.15, 0.2) is 21.7 Å². The number of esters is 6. The van der Waals surface area contributed by atoms with E-state index in [4.69, 9.17) is 37.9 Å². The predicted molar refractivity (Wildman–Crippen MR) is 180 cm³/mol. The van der Waals surface area contributed by atoms with Crippen molar-refractivity contribution >= 4 is 46.8 Å². The zero-order chi connectivity index (χ0) is 40.0. The minimum Gasteiger partial charge on any atom is -0.463 e. The molecule has 1 fully saturated rings. The summed E-state index contributed by atoms with van der Waals surface area (Å²) in [6, 6.07) is 3.41. The molecule has 3 heterocycles. The fourth-order valence-electron chi connectivity index (χ4n) is 5.83. The Labute approximate surface area is 306 Å². The number of aromatic amines is 1. The number of hydrogen-bond acceptors (Lipinski definition) is 18. The molecule has 1 aromatic carbocycles. The van der Waals surface area contributed by atoms with Gasteiger partial charge in [-0.1, -0.05) is 0 Å². The Morgan fingerprint density at radius 3 is 1.96 bits per heavy atom. The maximum Gasteiger partial charge on any atom is 0.349 e. The van der Waals surface area contributed by atoms with E-state index in [9.17, 15) is 38.4 Å². The number of rotatable bonds is 14. The van der Waals surface area contributed by atoms with Crippen LogP contribution >= 0.6 is 0 Å². The fraction of sp³-hybridized carbons (Fsp3) is 0.529. The molecule has 4 rings (SSSR count). The number of carbonyl (C=O) groups is 6. The van der Waals surface area contributed by atoms with Gasteiger partial charge in [0.15, 0.2) is 48.3 Å². The van der Waals surface area contributed by atoms with Crippen molar-refractivity contribution < 1.29 is 66.7 Å². The number of nitrogens with one attached hydrogen (secondary N) is 1. The summed E-state index contributed by atoms with van der Waals surface area (Å²) in [5, 5.41) is 0. The topological polar surface area (TPSA) is 257 Å². The van der Waals surface area contributed by atoms with Crippen molar-refractivity contribution in [2.75, 3.05) is 13.2 Å². The average molecular weight is 761 g/mol. The second-order valence-electron chi connectivity index (χ2n) is 12.4. The number of ether oxygens (including phenoxy) is 8. The zero-order valence-corrected chi connectivity index (χ0v) is 30.7. The molecule has 20 heteroatoms. The standard InChI is InChI=1S/C34H40N4O16/c1-14-9-22-23(10-15(14)2)38(31-27(35-22)32(45)37-34(46)36-31)11-24(49-17(4)40)28(51-19(6)42)25(50-18(5)41)13-48-33-30(53-21(8)44)29(52-20(7)43)26(54-33)12-47-16(3)39/h9-10,24-26,28-30,33H,11-13H2,1-8H3,(H,37,45,46)/t24-,25+,26+,28-,29+,30+,33-/m0/s1. The molecule has 0 amide bonds. The van der Waals surface area contributed by atoms with Gasteiger partial charge in [0, 0.05) is 41.5 Å². The highest BCUT2D eigenvalue weighted by molar-refractivity contribution is 5.81. The van der Waals surface area contributed by atoms with E-state index < -0.39 is 110 Å². The quantitative estimate of drug-likeness (QED) is 0.130. The number of nitrogens with zero attached hydrogens (tertiary/aromatic N) is 3. The molecule has 0 bridgehead atoms. The van der Waals surface area contributed by atoms with Gasteiger partial charge in [-0.3, -0.25) is 38.5 Å². The molecule has 1 aromatic rings. The van der Waals surface area contributed by atoms with Gasteiger partial charge >= 0.3 is 41.5 Å². The molecule has 3 aliphatic rings. The van der Waals surface area contributed by atoms with E-state index in [1.54, 1.807) is 12.1 Å². The third-order valence-electron chi connectivity index (χ3n) is 8.00. The summed E-state index contributed by atoms with van der Waals surface area (Å²) < 4.78 is 45.8. The third kappa shape index (κ3) is 10.2. The van der Waals surface area contributed by atoms with E-state index in [2.05, 4.69) is 15.0 Å². The monoisotopic (exact) mass is 760 g/mol. The Hall–Kier alpha value is -5.76. The molecule has 3 aliphatic heterocycles. The molecule has 0 spiro atoms. The fourth-order valence-corrected chi connectivity index (χ4v) is 5.83. The van der Waals surface area contributed by atoms with Gasteiger partial charge < -0.3 is 42.5 Å². The summed E-state index contributed by atoms with van der Waals surface area (Å²) in [6.45, 7) is 8.54. The molecule has 0 saturated carbocycles. The van der Waals surface area contributed by atoms with Crippen molar-refractivity contribution in [3.05, 3.63) is 44.1 Å². The second kappa shape index (κ2) is 17.4. The van der Waals surface area contributed by atoms with E-state index >= 15 is 0 Å². The third-order valence-corrected chi connectivity index (χ3v) is 8.00. The summed E-state index contributed by atoms with van der Waals surface area (Å²) >= 11 is 0. The normalized spacial score (nSPS) is 19.7. The van der Waals surface area contributed by atoms with Crippen LogP contribution in [0, 0.1) is 13.8 Å². The molecule has 20 nitrogen and oxygen atoms in total. The molecule has 292 valence electrons. The van der Waals surface area contributed by atoms with Gasteiger partial charge in [0.2, 0.25) is 0 Å². The highest BCUT2D eigenvalue weighted by Crippen LogP contribution is 2.30. The first-order valence-corrected chi connectivity index (χ1v) is 16.5. The molecule has 0 unspecified atom stereocenters. The molecular formula is C34H40N4O16. The summed E-state index contributed by atoms with van der Waals surface area (Å²) in [5.41, 5.74) is 0.202. The first-order chi connectivity index (χ1) is 25.3. The van der Waals surface area contributed by atoms with Gasteiger partial charge in [-0.2, -0.15) is 4.98 Å². The number of hydrogen-bond donors (Lipinski definition) is 1. The van der Waals surface area contributed by atoms with Crippen LogP contribution in [0.3, 0.4) is 0 Å². The highest BCUT2D eigenvalue weighted by atomic mass is 16.7. The molecule has 54 heavy (non-hydrogen) atoms. The largest absolute Gasteiger partial charge is 0.463 e.